The second kappa shape index (κ2) is 8.00. The number of aryl methyl sites for hydroxylation is 1. The Kier molecular flexibility index (Phi) is 6.02. The molecule has 1 heterocycles. The smallest absolute Gasteiger partial charge is 0.227 e. The third kappa shape index (κ3) is 4.72. The number of carbonyl (C=O) groups is 1. The van der Waals surface area contributed by atoms with Crippen molar-refractivity contribution in [2.75, 3.05) is 38.7 Å². The van der Waals surface area contributed by atoms with Crippen LogP contribution in [0.15, 0.2) is 18.2 Å². The minimum absolute atomic E-state index is 0.0805. The average Bonchev–Trinajstić information content (AvgIpc) is 2.51. The summed E-state index contributed by atoms with van der Waals surface area (Å²) in [5, 5.41) is 6.27. The fourth-order valence-electron chi connectivity index (χ4n) is 2.41. The molecule has 21 heavy (non-hydrogen) atoms. The van der Waals surface area contributed by atoms with E-state index in [1.807, 2.05) is 25.1 Å². The zero-order chi connectivity index (χ0) is 15.1. The van der Waals surface area contributed by atoms with Crippen LogP contribution in [0.3, 0.4) is 0 Å². The summed E-state index contributed by atoms with van der Waals surface area (Å²) in [6.07, 6.45) is 1.77. The lowest BCUT2D eigenvalue weighted by Gasteiger charge is -2.22. The molecule has 1 fully saturated rings. The Morgan fingerprint density at radius 3 is 2.81 bits per heavy atom. The van der Waals surface area contributed by atoms with Gasteiger partial charge in [-0.25, -0.2) is 0 Å². The molecule has 1 amide bonds. The molecule has 5 heteroatoms. The summed E-state index contributed by atoms with van der Waals surface area (Å²) in [6.45, 7) is 4.81. The van der Waals surface area contributed by atoms with Crippen molar-refractivity contribution in [1.82, 2.24) is 5.32 Å². The Hall–Kier alpha value is -1.59. The van der Waals surface area contributed by atoms with Crippen molar-refractivity contribution >= 4 is 11.6 Å². The van der Waals surface area contributed by atoms with Crippen LogP contribution in [0.4, 0.5) is 5.69 Å². The molecule has 0 aromatic heterocycles. The van der Waals surface area contributed by atoms with Gasteiger partial charge in [0.15, 0.2) is 0 Å². The molecule has 0 unspecified atom stereocenters. The highest BCUT2D eigenvalue weighted by Gasteiger charge is 2.21. The topological polar surface area (TPSA) is 59.6 Å². The second-order valence-corrected chi connectivity index (χ2v) is 5.35. The van der Waals surface area contributed by atoms with E-state index < -0.39 is 0 Å². The number of amides is 1. The first-order chi connectivity index (χ1) is 10.2. The van der Waals surface area contributed by atoms with Crippen molar-refractivity contribution in [3.63, 3.8) is 0 Å². The number of rotatable bonds is 6. The largest absolute Gasteiger partial charge is 0.489 e. The molecule has 0 spiro atoms. The maximum atomic E-state index is 12.3. The average molecular weight is 292 g/mol. The number of methoxy groups -OCH3 is 1. The minimum atomic E-state index is 0.0805. The number of carbonyl (C=O) groups excluding carboxylic acids is 1. The van der Waals surface area contributed by atoms with Crippen LogP contribution in [0.1, 0.15) is 18.4 Å². The lowest BCUT2D eigenvalue weighted by Crippen LogP contribution is -2.34. The van der Waals surface area contributed by atoms with Gasteiger partial charge in [-0.2, -0.15) is 0 Å². The SMILES string of the molecule is COCCOc1cc(C)ccc1NC(=O)C1CCNCC1. The van der Waals surface area contributed by atoms with Gasteiger partial charge in [0, 0.05) is 13.0 Å². The van der Waals surface area contributed by atoms with Crippen LogP contribution < -0.4 is 15.4 Å². The van der Waals surface area contributed by atoms with Crippen LogP contribution in [-0.4, -0.2) is 39.3 Å². The van der Waals surface area contributed by atoms with Crippen molar-refractivity contribution in [2.24, 2.45) is 5.92 Å². The highest BCUT2D eigenvalue weighted by molar-refractivity contribution is 5.94. The summed E-state index contributed by atoms with van der Waals surface area (Å²) in [5.74, 6) is 0.866. The van der Waals surface area contributed by atoms with E-state index in [0.29, 0.717) is 19.0 Å². The molecule has 0 aliphatic carbocycles. The zero-order valence-corrected chi connectivity index (χ0v) is 12.8. The summed E-state index contributed by atoms with van der Waals surface area (Å²) in [7, 11) is 1.64. The molecule has 116 valence electrons. The third-order valence-corrected chi connectivity index (χ3v) is 3.65. The van der Waals surface area contributed by atoms with Crippen LogP contribution in [0.5, 0.6) is 5.75 Å². The van der Waals surface area contributed by atoms with Crippen molar-refractivity contribution in [2.45, 2.75) is 19.8 Å². The first kappa shape index (κ1) is 15.8. The Morgan fingerprint density at radius 1 is 1.33 bits per heavy atom. The second-order valence-electron chi connectivity index (χ2n) is 5.35. The van der Waals surface area contributed by atoms with Gasteiger partial charge in [0.2, 0.25) is 5.91 Å². The van der Waals surface area contributed by atoms with Gasteiger partial charge < -0.3 is 20.1 Å². The van der Waals surface area contributed by atoms with E-state index in [1.54, 1.807) is 7.11 Å². The molecule has 0 bridgehead atoms. The van der Waals surface area contributed by atoms with Crippen LogP contribution in [0.2, 0.25) is 0 Å². The summed E-state index contributed by atoms with van der Waals surface area (Å²) in [4.78, 5) is 12.3. The van der Waals surface area contributed by atoms with Crippen molar-refractivity contribution in [3.8, 4) is 5.75 Å². The number of piperidine rings is 1. The monoisotopic (exact) mass is 292 g/mol. The molecule has 0 radical (unpaired) electrons. The van der Waals surface area contributed by atoms with Gasteiger partial charge in [-0.05, 0) is 50.6 Å². The quantitative estimate of drug-likeness (QED) is 0.787. The zero-order valence-electron chi connectivity index (χ0n) is 12.8. The molecule has 2 N–H and O–H groups in total. The summed E-state index contributed by atoms with van der Waals surface area (Å²) in [6, 6.07) is 5.81. The van der Waals surface area contributed by atoms with Crippen molar-refractivity contribution < 1.29 is 14.3 Å². The maximum absolute atomic E-state index is 12.3. The summed E-state index contributed by atoms with van der Waals surface area (Å²) < 4.78 is 10.7. The molecular weight excluding hydrogens is 268 g/mol. The number of benzene rings is 1. The van der Waals surface area contributed by atoms with E-state index in [2.05, 4.69) is 10.6 Å². The number of hydrogen-bond acceptors (Lipinski definition) is 4. The fourth-order valence-corrected chi connectivity index (χ4v) is 2.41. The van der Waals surface area contributed by atoms with Gasteiger partial charge in [0.05, 0.1) is 12.3 Å². The minimum Gasteiger partial charge on any atom is -0.489 e. The van der Waals surface area contributed by atoms with E-state index in [0.717, 1.165) is 37.2 Å². The summed E-state index contributed by atoms with van der Waals surface area (Å²) in [5.41, 5.74) is 1.84. The predicted octanol–water partition coefficient (Wildman–Crippen LogP) is 1.96. The van der Waals surface area contributed by atoms with Crippen molar-refractivity contribution in [1.29, 1.82) is 0 Å². The molecule has 2 rings (SSSR count). The van der Waals surface area contributed by atoms with Crippen LogP contribution >= 0.6 is 0 Å². The van der Waals surface area contributed by atoms with Gasteiger partial charge in [0.25, 0.3) is 0 Å². The fraction of sp³-hybridized carbons (Fsp3) is 0.562. The first-order valence-electron chi connectivity index (χ1n) is 7.44. The van der Waals surface area contributed by atoms with Crippen molar-refractivity contribution in [3.05, 3.63) is 23.8 Å². The normalized spacial score (nSPS) is 15.7. The highest BCUT2D eigenvalue weighted by atomic mass is 16.5. The van der Waals surface area contributed by atoms with Gasteiger partial charge in [-0.1, -0.05) is 6.07 Å². The van der Waals surface area contributed by atoms with Crippen LogP contribution in [0, 0.1) is 12.8 Å². The molecular formula is C16H24N2O3. The van der Waals surface area contributed by atoms with Crippen LogP contribution in [-0.2, 0) is 9.53 Å². The molecule has 0 saturated carbocycles. The third-order valence-electron chi connectivity index (χ3n) is 3.65. The number of anilines is 1. The van der Waals surface area contributed by atoms with Gasteiger partial charge in [-0.15, -0.1) is 0 Å². The number of ether oxygens (including phenoxy) is 2. The van der Waals surface area contributed by atoms with E-state index in [4.69, 9.17) is 9.47 Å². The number of nitrogens with one attached hydrogen (secondary N) is 2. The molecule has 1 aliphatic rings. The van der Waals surface area contributed by atoms with Gasteiger partial charge in [0.1, 0.15) is 12.4 Å². The molecule has 1 aromatic carbocycles. The van der Waals surface area contributed by atoms with E-state index in [9.17, 15) is 4.79 Å². The summed E-state index contributed by atoms with van der Waals surface area (Å²) >= 11 is 0. The first-order valence-corrected chi connectivity index (χ1v) is 7.44. The van der Waals surface area contributed by atoms with Gasteiger partial charge >= 0.3 is 0 Å². The lowest BCUT2D eigenvalue weighted by atomic mass is 9.97. The lowest BCUT2D eigenvalue weighted by molar-refractivity contribution is -0.120. The van der Waals surface area contributed by atoms with Gasteiger partial charge in [-0.3, -0.25) is 4.79 Å². The Morgan fingerprint density at radius 2 is 2.10 bits per heavy atom. The Bertz CT molecular complexity index is 471. The molecule has 1 aromatic rings. The van der Waals surface area contributed by atoms with E-state index in [1.165, 1.54) is 0 Å². The van der Waals surface area contributed by atoms with Crippen LogP contribution in [0.25, 0.3) is 0 Å². The molecule has 1 aliphatic heterocycles. The molecule has 1 saturated heterocycles. The highest BCUT2D eigenvalue weighted by Crippen LogP contribution is 2.27. The maximum Gasteiger partial charge on any atom is 0.227 e. The standard InChI is InChI=1S/C16H24N2O3/c1-12-3-4-14(15(11-12)21-10-9-20-2)18-16(19)13-5-7-17-8-6-13/h3-4,11,13,17H,5-10H2,1-2H3,(H,18,19). The predicted molar refractivity (Wildman–Crippen MR) is 82.8 cm³/mol. The van der Waals surface area contributed by atoms with E-state index >= 15 is 0 Å². The van der Waals surface area contributed by atoms with E-state index in [-0.39, 0.29) is 11.8 Å². The Labute approximate surface area is 126 Å². The number of hydrogen-bond donors (Lipinski definition) is 2. The molecule has 0 atom stereocenters. The Balaban J connectivity index is 2.01. The molecule has 5 nitrogen and oxygen atoms in total.